The molecule has 4 N–H and O–H groups in total. The van der Waals surface area contributed by atoms with E-state index in [9.17, 15) is 20.4 Å². The summed E-state index contributed by atoms with van der Waals surface area (Å²) in [6.45, 7) is 22.6. The summed E-state index contributed by atoms with van der Waals surface area (Å²) in [5, 5.41) is 38.5. The van der Waals surface area contributed by atoms with Crippen molar-refractivity contribution in [2.45, 2.75) is 116 Å². The van der Waals surface area contributed by atoms with E-state index in [1.54, 1.807) is 0 Å². The molecule has 0 aliphatic carbocycles. The van der Waals surface area contributed by atoms with E-state index in [-0.39, 0.29) is 23.0 Å². The quantitative estimate of drug-likeness (QED) is 0.204. The van der Waals surface area contributed by atoms with Gasteiger partial charge in [0.15, 0.2) is 0 Å². The van der Waals surface area contributed by atoms with E-state index in [4.69, 9.17) is 9.47 Å². The van der Waals surface area contributed by atoms with Gasteiger partial charge in [0.05, 0.1) is 0 Å². The Morgan fingerprint density at radius 1 is 0.500 bits per heavy atom. The minimum Gasteiger partial charge on any atom is -0.462 e. The molecule has 0 aromatic heterocycles. The van der Waals surface area contributed by atoms with E-state index in [0.29, 0.717) is 25.7 Å². The van der Waals surface area contributed by atoms with Gasteiger partial charge in [-0.3, -0.25) is 0 Å². The summed E-state index contributed by atoms with van der Waals surface area (Å²) in [6, 6.07) is 0. The Hall–Kier alpha value is -1.60. The molecule has 32 heavy (non-hydrogen) atoms. The van der Waals surface area contributed by atoms with Crippen LogP contribution in [0.15, 0.2) is 49.4 Å². The second-order valence-electron chi connectivity index (χ2n) is 7.99. The van der Waals surface area contributed by atoms with Crippen molar-refractivity contribution in [3.05, 3.63) is 49.4 Å². The van der Waals surface area contributed by atoms with Crippen molar-refractivity contribution in [1.82, 2.24) is 0 Å². The number of rotatable bonds is 18. The molecule has 0 amide bonds. The Morgan fingerprint density at radius 2 is 0.750 bits per heavy atom. The third-order valence-electron chi connectivity index (χ3n) is 4.80. The van der Waals surface area contributed by atoms with Crippen LogP contribution >= 0.6 is 0 Å². The molecular weight excluding hydrogens is 408 g/mol. The first-order valence-electron chi connectivity index (χ1n) is 11.9. The average molecular weight is 457 g/mol. The molecule has 0 radical (unpaired) electrons. The Kier molecular flexibility index (Phi) is 20.4. The summed E-state index contributed by atoms with van der Waals surface area (Å²) in [4.78, 5) is 0. The van der Waals surface area contributed by atoms with E-state index >= 15 is 0 Å². The molecular formula is C26H48O6. The maximum atomic E-state index is 9.71. The van der Waals surface area contributed by atoms with E-state index in [0.717, 1.165) is 38.5 Å². The SMILES string of the molecule is C=C(OC(=C)C(O)CCC)C(O)CCC.C=C(OC(=C)C(O)CCCC)C(O)CCCC. The van der Waals surface area contributed by atoms with Gasteiger partial charge in [-0.05, 0) is 25.7 Å². The molecule has 0 aliphatic rings. The zero-order valence-electron chi connectivity index (χ0n) is 20.8. The van der Waals surface area contributed by atoms with E-state index < -0.39 is 24.4 Å². The summed E-state index contributed by atoms with van der Waals surface area (Å²) in [7, 11) is 0. The minimum atomic E-state index is -0.680. The molecule has 0 saturated carbocycles. The lowest BCUT2D eigenvalue weighted by Crippen LogP contribution is -2.17. The molecule has 0 heterocycles. The highest BCUT2D eigenvalue weighted by Crippen LogP contribution is 2.18. The number of aliphatic hydroxyl groups excluding tert-OH is 4. The third kappa shape index (κ3) is 16.1. The lowest BCUT2D eigenvalue weighted by atomic mass is 10.1. The second kappa shape index (κ2) is 20.0. The first-order chi connectivity index (χ1) is 15.0. The van der Waals surface area contributed by atoms with Crippen molar-refractivity contribution < 1.29 is 29.9 Å². The average Bonchev–Trinajstić information content (AvgIpc) is 2.76. The zero-order valence-corrected chi connectivity index (χ0v) is 20.8. The first-order valence-corrected chi connectivity index (χ1v) is 11.9. The molecule has 0 rings (SSSR count). The Balaban J connectivity index is 0. The number of hydrogen-bond acceptors (Lipinski definition) is 6. The molecule has 188 valence electrons. The van der Waals surface area contributed by atoms with Crippen LogP contribution in [0.1, 0.15) is 91.9 Å². The van der Waals surface area contributed by atoms with Crippen molar-refractivity contribution in [1.29, 1.82) is 0 Å². The van der Waals surface area contributed by atoms with E-state index in [1.807, 2.05) is 13.8 Å². The van der Waals surface area contributed by atoms with Crippen molar-refractivity contribution in [3.8, 4) is 0 Å². The fraction of sp³-hybridized carbons (Fsp3) is 0.692. The van der Waals surface area contributed by atoms with Gasteiger partial charge < -0.3 is 29.9 Å². The highest BCUT2D eigenvalue weighted by molar-refractivity contribution is 5.02. The number of unbranched alkanes of at least 4 members (excludes halogenated alkanes) is 2. The maximum absolute atomic E-state index is 9.71. The molecule has 4 atom stereocenters. The molecule has 0 saturated heterocycles. The van der Waals surface area contributed by atoms with Crippen LogP contribution in [-0.2, 0) is 9.47 Å². The lowest BCUT2D eigenvalue weighted by Gasteiger charge is -2.19. The highest BCUT2D eigenvalue weighted by Gasteiger charge is 2.16. The van der Waals surface area contributed by atoms with Crippen molar-refractivity contribution in [2.75, 3.05) is 0 Å². The molecule has 0 aromatic rings. The Bertz CT molecular complexity index is 496. The maximum Gasteiger partial charge on any atom is 0.125 e. The predicted octanol–water partition coefficient (Wildman–Crippen LogP) is 5.49. The topological polar surface area (TPSA) is 99.4 Å². The number of hydrogen-bond donors (Lipinski definition) is 4. The van der Waals surface area contributed by atoms with E-state index in [1.165, 1.54) is 0 Å². The van der Waals surface area contributed by atoms with Gasteiger partial charge in [-0.15, -0.1) is 0 Å². The highest BCUT2D eigenvalue weighted by atomic mass is 16.5. The third-order valence-corrected chi connectivity index (χ3v) is 4.80. The van der Waals surface area contributed by atoms with Crippen LogP contribution in [0.25, 0.3) is 0 Å². The summed E-state index contributed by atoms with van der Waals surface area (Å²) >= 11 is 0. The van der Waals surface area contributed by atoms with Gasteiger partial charge in [-0.25, -0.2) is 0 Å². The van der Waals surface area contributed by atoms with Crippen LogP contribution in [0, 0.1) is 0 Å². The molecule has 0 spiro atoms. The Morgan fingerprint density at radius 3 is 0.969 bits per heavy atom. The fourth-order valence-electron chi connectivity index (χ4n) is 2.59. The fourth-order valence-corrected chi connectivity index (χ4v) is 2.59. The van der Waals surface area contributed by atoms with Gasteiger partial charge in [-0.2, -0.15) is 0 Å². The Labute approximate surface area is 196 Å². The van der Waals surface area contributed by atoms with Crippen LogP contribution in [0.5, 0.6) is 0 Å². The summed E-state index contributed by atoms with van der Waals surface area (Å²) in [6.07, 6.45) is 5.36. The van der Waals surface area contributed by atoms with Crippen molar-refractivity contribution in [2.24, 2.45) is 0 Å². The van der Waals surface area contributed by atoms with Crippen molar-refractivity contribution >= 4 is 0 Å². The molecule has 0 aromatic carbocycles. The molecule has 0 bridgehead atoms. The predicted molar refractivity (Wildman–Crippen MR) is 132 cm³/mol. The second-order valence-corrected chi connectivity index (χ2v) is 7.99. The van der Waals surface area contributed by atoms with Crippen LogP contribution in [0.4, 0.5) is 0 Å². The normalized spacial score (nSPS) is 14.2. The summed E-state index contributed by atoms with van der Waals surface area (Å²) < 4.78 is 10.5. The molecule has 6 heteroatoms. The molecule has 0 fully saturated rings. The van der Waals surface area contributed by atoms with Gasteiger partial charge in [0.25, 0.3) is 0 Å². The van der Waals surface area contributed by atoms with Crippen LogP contribution in [-0.4, -0.2) is 44.8 Å². The summed E-state index contributed by atoms with van der Waals surface area (Å²) in [5.41, 5.74) is 0. The number of aliphatic hydroxyl groups is 4. The van der Waals surface area contributed by atoms with Gasteiger partial charge in [0.2, 0.25) is 0 Å². The van der Waals surface area contributed by atoms with Gasteiger partial charge in [-0.1, -0.05) is 92.5 Å². The van der Waals surface area contributed by atoms with Gasteiger partial charge in [0.1, 0.15) is 47.5 Å². The smallest absolute Gasteiger partial charge is 0.125 e. The van der Waals surface area contributed by atoms with Crippen LogP contribution in [0.3, 0.4) is 0 Å². The summed E-state index contributed by atoms with van der Waals surface area (Å²) in [5.74, 6) is 1.08. The van der Waals surface area contributed by atoms with Crippen molar-refractivity contribution in [3.63, 3.8) is 0 Å². The monoisotopic (exact) mass is 456 g/mol. The molecule has 6 nitrogen and oxygen atoms in total. The number of ether oxygens (including phenoxy) is 2. The zero-order chi connectivity index (χ0) is 25.1. The lowest BCUT2D eigenvalue weighted by molar-refractivity contribution is 0.0828. The molecule has 4 unspecified atom stereocenters. The standard InChI is InChI=1S/C14H26O3.C12H22O3/c1-5-7-9-13(15)11(3)17-12(4)14(16)10-8-6-2;1-5-7-11(13)9(3)15-10(4)12(14)8-6-2/h13-16H,3-10H2,1-2H3;11-14H,3-8H2,1-2H3. The molecule has 0 aliphatic heterocycles. The van der Waals surface area contributed by atoms with Crippen LogP contribution in [0.2, 0.25) is 0 Å². The first kappa shape index (κ1) is 32.6. The van der Waals surface area contributed by atoms with Crippen LogP contribution < -0.4 is 0 Å². The van der Waals surface area contributed by atoms with Gasteiger partial charge in [0, 0.05) is 0 Å². The minimum absolute atomic E-state index is 0.261. The largest absolute Gasteiger partial charge is 0.462 e. The van der Waals surface area contributed by atoms with Gasteiger partial charge >= 0.3 is 0 Å². The van der Waals surface area contributed by atoms with E-state index in [2.05, 4.69) is 40.2 Å².